The van der Waals surface area contributed by atoms with Gasteiger partial charge >= 0.3 is 5.97 Å². The van der Waals surface area contributed by atoms with Gasteiger partial charge < -0.3 is 19.7 Å². The number of aliphatic hydroxyl groups is 1. The molecular formula is C30H39NO5. The molecule has 194 valence electrons. The molecule has 0 bridgehead atoms. The van der Waals surface area contributed by atoms with Crippen molar-refractivity contribution in [2.45, 2.75) is 63.4 Å². The number of hydrogen-bond donors (Lipinski definition) is 2. The highest BCUT2D eigenvalue weighted by Gasteiger charge is 2.45. The molecule has 6 nitrogen and oxygen atoms in total. The number of ether oxygens (including phenoxy) is 2. The molecule has 0 radical (unpaired) electrons. The average Bonchev–Trinajstić information content (AvgIpc) is 3.21. The molecule has 1 saturated carbocycles. The quantitative estimate of drug-likeness (QED) is 0.426. The zero-order valence-corrected chi connectivity index (χ0v) is 21.0. The third-order valence-corrected chi connectivity index (χ3v) is 7.35. The molecule has 2 aliphatic rings. The first-order chi connectivity index (χ1) is 17.6. The second-order valence-corrected chi connectivity index (χ2v) is 9.92. The van der Waals surface area contributed by atoms with Crippen LogP contribution in [0.25, 0.3) is 0 Å². The number of carboxylic acids is 1. The second kappa shape index (κ2) is 13.7. The van der Waals surface area contributed by atoms with Crippen molar-refractivity contribution in [1.82, 2.24) is 4.90 Å². The smallest absolute Gasteiger partial charge is 0.303 e. The normalized spacial score (nSPS) is 24.9. The first-order valence-electron chi connectivity index (χ1n) is 13.2. The maximum Gasteiger partial charge on any atom is 0.303 e. The van der Waals surface area contributed by atoms with Crippen molar-refractivity contribution in [2.75, 3.05) is 26.3 Å². The van der Waals surface area contributed by atoms with Crippen LogP contribution in [0.2, 0.25) is 0 Å². The lowest BCUT2D eigenvalue weighted by Gasteiger charge is -2.38. The second-order valence-electron chi connectivity index (χ2n) is 9.92. The predicted octanol–water partition coefficient (Wildman–Crippen LogP) is 4.45. The van der Waals surface area contributed by atoms with E-state index in [0.29, 0.717) is 32.7 Å². The highest BCUT2D eigenvalue weighted by Crippen LogP contribution is 2.37. The molecule has 4 rings (SSSR count). The Labute approximate surface area is 214 Å². The average molecular weight is 494 g/mol. The van der Waals surface area contributed by atoms with Crippen LogP contribution < -0.4 is 0 Å². The first kappa shape index (κ1) is 26.6. The Bertz CT molecular complexity index is 955. The van der Waals surface area contributed by atoms with Gasteiger partial charge in [0.2, 0.25) is 0 Å². The molecule has 0 unspecified atom stereocenters. The molecule has 1 heterocycles. The van der Waals surface area contributed by atoms with Crippen LogP contribution in [0.4, 0.5) is 0 Å². The van der Waals surface area contributed by atoms with Crippen LogP contribution >= 0.6 is 0 Å². The lowest BCUT2D eigenvalue weighted by molar-refractivity contribution is -0.136. The Morgan fingerprint density at radius 1 is 0.972 bits per heavy atom. The van der Waals surface area contributed by atoms with Crippen molar-refractivity contribution in [2.24, 2.45) is 5.92 Å². The minimum Gasteiger partial charge on any atom is -0.481 e. The van der Waals surface area contributed by atoms with Gasteiger partial charge in [0.1, 0.15) is 0 Å². The van der Waals surface area contributed by atoms with Gasteiger partial charge in [-0.05, 0) is 42.4 Å². The number of allylic oxidation sites excluding steroid dienone is 2. The summed E-state index contributed by atoms with van der Waals surface area (Å²) in [4.78, 5) is 13.1. The third kappa shape index (κ3) is 7.74. The third-order valence-electron chi connectivity index (χ3n) is 7.35. The molecule has 2 aromatic carbocycles. The number of carbonyl (C=O) groups is 1. The maximum atomic E-state index is 11.0. The fourth-order valence-electron chi connectivity index (χ4n) is 5.51. The van der Waals surface area contributed by atoms with E-state index in [-0.39, 0.29) is 24.5 Å². The molecule has 6 heteroatoms. The Kier molecular flexibility index (Phi) is 10.1. The summed E-state index contributed by atoms with van der Waals surface area (Å²) < 4.78 is 12.0. The van der Waals surface area contributed by atoms with Gasteiger partial charge in [0, 0.05) is 37.9 Å². The molecule has 4 atom stereocenters. The van der Waals surface area contributed by atoms with Crippen molar-refractivity contribution in [3.8, 4) is 0 Å². The Balaban J connectivity index is 1.35. The van der Waals surface area contributed by atoms with Gasteiger partial charge in [-0.25, -0.2) is 0 Å². The van der Waals surface area contributed by atoms with E-state index in [1.807, 2.05) is 12.1 Å². The van der Waals surface area contributed by atoms with Gasteiger partial charge in [-0.3, -0.25) is 9.69 Å². The number of morpholine rings is 1. The van der Waals surface area contributed by atoms with Gasteiger partial charge in [-0.2, -0.15) is 0 Å². The number of nitrogens with zero attached hydrogens (tertiary/aromatic N) is 1. The fourth-order valence-corrected chi connectivity index (χ4v) is 5.51. The Hall–Kier alpha value is -2.51. The van der Waals surface area contributed by atoms with E-state index in [0.717, 1.165) is 37.9 Å². The van der Waals surface area contributed by atoms with E-state index >= 15 is 0 Å². The number of rotatable bonds is 12. The molecule has 1 aliphatic carbocycles. The maximum absolute atomic E-state index is 11.0. The van der Waals surface area contributed by atoms with Crippen LogP contribution in [0.15, 0.2) is 66.7 Å². The molecule has 2 N–H and O–H groups in total. The molecule has 0 aromatic heterocycles. The number of aliphatic hydroxyl groups excluding tert-OH is 1. The van der Waals surface area contributed by atoms with E-state index in [2.05, 4.69) is 59.5 Å². The largest absolute Gasteiger partial charge is 0.481 e. The van der Waals surface area contributed by atoms with Crippen molar-refractivity contribution in [3.63, 3.8) is 0 Å². The zero-order valence-electron chi connectivity index (χ0n) is 21.0. The topological polar surface area (TPSA) is 79.2 Å². The summed E-state index contributed by atoms with van der Waals surface area (Å²) >= 11 is 0. The highest BCUT2D eigenvalue weighted by molar-refractivity contribution is 5.66. The van der Waals surface area contributed by atoms with Gasteiger partial charge in [0.15, 0.2) is 0 Å². The molecule has 1 aliphatic heterocycles. The van der Waals surface area contributed by atoms with Crippen molar-refractivity contribution < 1.29 is 24.5 Å². The molecular weight excluding hydrogens is 454 g/mol. The number of hydrogen-bond acceptors (Lipinski definition) is 5. The molecule has 1 saturated heterocycles. The summed E-state index contributed by atoms with van der Waals surface area (Å²) in [5.74, 6) is -0.549. The number of aliphatic carboxylic acids is 1. The summed E-state index contributed by atoms with van der Waals surface area (Å²) in [6, 6.07) is 19.2. The van der Waals surface area contributed by atoms with E-state index in [1.54, 1.807) is 0 Å². The Morgan fingerprint density at radius 3 is 2.36 bits per heavy atom. The van der Waals surface area contributed by atoms with E-state index in [4.69, 9.17) is 14.6 Å². The van der Waals surface area contributed by atoms with Crippen molar-refractivity contribution >= 4 is 5.97 Å². The van der Waals surface area contributed by atoms with Crippen molar-refractivity contribution in [1.29, 1.82) is 0 Å². The van der Waals surface area contributed by atoms with Crippen LogP contribution in [0, 0.1) is 5.92 Å². The number of carboxylic acid groups (broad SMARTS) is 1. The molecule has 0 amide bonds. The SMILES string of the molecule is O=C(O)CC/C=C\CC[C@@H]1[C@@H](N2CCOCC2)[C@H](O)C[C@@H]1OCc1ccc(Cc2ccccc2)cc1. The summed E-state index contributed by atoms with van der Waals surface area (Å²) in [5.41, 5.74) is 3.72. The predicted molar refractivity (Wildman–Crippen MR) is 140 cm³/mol. The number of benzene rings is 2. The van der Waals surface area contributed by atoms with Crippen LogP contribution in [-0.2, 0) is 27.3 Å². The molecule has 0 spiro atoms. The molecule has 2 aromatic rings. The minimum absolute atomic E-state index is 0.00994. The zero-order chi connectivity index (χ0) is 25.2. The van der Waals surface area contributed by atoms with Gasteiger partial charge in [-0.1, -0.05) is 66.7 Å². The summed E-state index contributed by atoms with van der Waals surface area (Å²) in [6.45, 7) is 3.60. The van der Waals surface area contributed by atoms with Gasteiger partial charge in [0.25, 0.3) is 0 Å². The van der Waals surface area contributed by atoms with Gasteiger partial charge in [0.05, 0.1) is 32.0 Å². The molecule has 2 fully saturated rings. The monoisotopic (exact) mass is 493 g/mol. The molecule has 36 heavy (non-hydrogen) atoms. The van der Waals surface area contributed by atoms with E-state index in [9.17, 15) is 9.90 Å². The van der Waals surface area contributed by atoms with E-state index < -0.39 is 12.1 Å². The summed E-state index contributed by atoms with van der Waals surface area (Å²) in [6.07, 6.45) is 7.63. The van der Waals surface area contributed by atoms with Crippen LogP contribution in [0.3, 0.4) is 0 Å². The van der Waals surface area contributed by atoms with Crippen LogP contribution in [-0.4, -0.2) is 65.6 Å². The summed E-state index contributed by atoms with van der Waals surface area (Å²) in [7, 11) is 0. The highest BCUT2D eigenvalue weighted by atomic mass is 16.5. The van der Waals surface area contributed by atoms with Crippen LogP contribution in [0.5, 0.6) is 0 Å². The fraction of sp³-hybridized carbons (Fsp3) is 0.500. The first-order valence-corrected chi connectivity index (χ1v) is 13.2. The minimum atomic E-state index is -0.771. The van der Waals surface area contributed by atoms with Gasteiger partial charge in [-0.15, -0.1) is 0 Å². The van der Waals surface area contributed by atoms with Crippen LogP contribution in [0.1, 0.15) is 48.8 Å². The van der Waals surface area contributed by atoms with E-state index in [1.165, 1.54) is 11.1 Å². The Morgan fingerprint density at radius 2 is 1.64 bits per heavy atom. The van der Waals surface area contributed by atoms with Crippen molar-refractivity contribution in [3.05, 3.63) is 83.4 Å². The lowest BCUT2D eigenvalue weighted by atomic mass is 9.93. The lowest BCUT2D eigenvalue weighted by Crippen LogP contribution is -2.50. The standard InChI is InChI=1S/C30H39NO5/c32-27-21-28(36-22-25-14-12-24(13-15-25)20-23-8-4-3-5-9-23)26(10-6-1-2-7-11-29(33)34)30(27)31-16-18-35-19-17-31/h1-5,8-9,12-15,26-28,30,32H,6-7,10-11,16-22H2,(H,33,34)/b2-1-/t26-,27+,28-,30+/m0/s1. The summed E-state index contributed by atoms with van der Waals surface area (Å²) in [5, 5.41) is 19.8.